The topological polar surface area (TPSA) is 57.7 Å². The van der Waals surface area contributed by atoms with Crippen LogP contribution in [0.2, 0.25) is 0 Å². The van der Waals surface area contributed by atoms with E-state index in [0.29, 0.717) is 5.69 Å². The number of aromatic nitrogens is 1. The Kier molecular flexibility index (Phi) is 12.5. The largest absolute Gasteiger partial charge is 0.494 e. The molecule has 0 atom stereocenters. The zero-order valence-corrected chi connectivity index (χ0v) is 22.4. The Balaban J connectivity index is 1.35. The highest BCUT2D eigenvalue weighted by atomic mass is 16.5. The van der Waals surface area contributed by atoms with Crippen LogP contribution < -0.4 is 9.47 Å². The Labute approximate surface area is 222 Å². The van der Waals surface area contributed by atoms with E-state index in [9.17, 15) is 4.79 Å². The molecule has 0 fully saturated rings. The number of hydrogen-bond donors (Lipinski definition) is 0. The van der Waals surface area contributed by atoms with Crippen molar-refractivity contribution >= 4 is 5.97 Å². The molecule has 1 aromatic heterocycles. The zero-order valence-electron chi connectivity index (χ0n) is 22.4. The van der Waals surface area contributed by atoms with Crippen LogP contribution in [0.25, 0.3) is 11.1 Å². The highest BCUT2D eigenvalue weighted by Gasteiger charge is 2.08. The molecule has 198 valence electrons. The molecule has 0 spiro atoms. The minimum absolute atomic E-state index is 0.273. The van der Waals surface area contributed by atoms with Gasteiger partial charge in [-0.05, 0) is 53.9 Å². The van der Waals surface area contributed by atoms with Crippen molar-refractivity contribution in [3.05, 3.63) is 78.1 Å². The molecule has 3 aromatic rings. The molecule has 37 heavy (non-hydrogen) atoms. The van der Waals surface area contributed by atoms with Crippen molar-refractivity contribution < 1.29 is 19.0 Å². The third kappa shape index (κ3) is 10.3. The number of unbranched alkanes of at least 4 members (excludes halogenated alkanes) is 9. The molecule has 1 heterocycles. The summed E-state index contributed by atoms with van der Waals surface area (Å²) < 4.78 is 16.5. The smallest absolute Gasteiger partial charge is 0.356 e. The maximum Gasteiger partial charge on any atom is 0.356 e. The summed E-state index contributed by atoms with van der Waals surface area (Å²) in [5.74, 6) is 1.20. The van der Waals surface area contributed by atoms with E-state index in [-0.39, 0.29) is 12.3 Å². The summed E-state index contributed by atoms with van der Waals surface area (Å²) in [6.07, 6.45) is 13.3. The van der Waals surface area contributed by atoms with Crippen LogP contribution in [-0.2, 0) is 11.3 Å². The molecule has 0 aliphatic rings. The van der Waals surface area contributed by atoms with Crippen LogP contribution in [0, 0.1) is 0 Å². The summed E-state index contributed by atoms with van der Waals surface area (Å²) >= 11 is 0. The maximum absolute atomic E-state index is 11.6. The first-order chi connectivity index (χ1) is 18.2. The van der Waals surface area contributed by atoms with Crippen molar-refractivity contribution in [1.29, 1.82) is 0 Å². The van der Waals surface area contributed by atoms with Crippen molar-refractivity contribution in [3.63, 3.8) is 0 Å². The molecule has 0 amide bonds. The van der Waals surface area contributed by atoms with E-state index >= 15 is 0 Å². The van der Waals surface area contributed by atoms with Gasteiger partial charge in [-0.25, -0.2) is 9.78 Å². The molecular formula is C32H41NO4. The molecule has 0 N–H and O–H groups in total. The van der Waals surface area contributed by atoms with Crippen molar-refractivity contribution in [2.75, 3.05) is 13.7 Å². The number of esters is 1. The first kappa shape index (κ1) is 28.2. The predicted octanol–water partition coefficient (Wildman–Crippen LogP) is 8.41. The van der Waals surface area contributed by atoms with Gasteiger partial charge >= 0.3 is 5.97 Å². The summed E-state index contributed by atoms with van der Waals surface area (Å²) in [7, 11) is 1.34. The van der Waals surface area contributed by atoms with E-state index < -0.39 is 5.97 Å². The number of rotatable bonds is 17. The number of carbonyl (C=O) groups excluding carboxylic acids is 1. The molecule has 5 heteroatoms. The minimum atomic E-state index is -0.457. The van der Waals surface area contributed by atoms with Gasteiger partial charge in [0.05, 0.1) is 19.4 Å². The van der Waals surface area contributed by atoms with E-state index in [1.807, 2.05) is 42.5 Å². The molecule has 0 aliphatic heterocycles. The Bertz CT molecular complexity index is 1050. The molecule has 0 bridgehead atoms. The monoisotopic (exact) mass is 503 g/mol. The molecule has 2 aromatic carbocycles. The lowest BCUT2D eigenvalue weighted by atomic mass is 10.1. The first-order valence-corrected chi connectivity index (χ1v) is 13.7. The van der Waals surface area contributed by atoms with Gasteiger partial charge in [0.2, 0.25) is 0 Å². The van der Waals surface area contributed by atoms with Crippen molar-refractivity contribution in [1.82, 2.24) is 4.98 Å². The average Bonchev–Trinajstić information content (AvgIpc) is 2.95. The zero-order chi connectivity index (χ0) is 26.1. The van der Waals surface area contributed by atoms with Crippen molar-refractivity contribution in [2.45, 2.75) is 77.7 Å². The van der Waals surface area contributed by atoms with Crippen molar-refractivity contribution in [3.8, 4) is 22.6 Å². The van der Waals surface area contributed by atoms with Gasteiger partial charge in [-0.15, -0.1) is 0 Å². The van der Waals surface area contributed by atoms with Crippen LogP contribution in [0.4, 0.5) is 0 Å². The lowest BCUT2D eigenvalue weighted by Crippen LogP contribution is -2.07. The lowest BCUT2D eigenvalue weighted by molar-refractivity contribution is 0.0593. The van der Waals surface area contributed by atoms with Gasteiger partial charge in [-0.2, -0.15) is 0 Å². The standard InChI is InChI=1S/C32H41NO4/c1-3-4-5-6-7-8-9-10-11-12-24-36-29-20-16-26(17-21-29)27-18-22-30(23-19-27)37-25-28-14-13-15-31(33-28)32(34)35-2/h13-23H,3-12,24-25H2,1-2H3. The summed E-state index contributed by atoms with van der Waals surface area (Å²) in [5, 5.41) is 0. The van der Waals surface area contributed by atoms with Gasteiger partial charge in [0.15, 0.2) is 0 Å². The predicted molar refractivity (Wildman–Crippen MR) is 149 cm³/mol. The molecule has 0 unspecified atom stereocenters. The third-order valence-electron chi connectivity index (χ3n) is 6.40. The average molecular weight is 504 g/mol. The van der Waals surface area contributed by atoms with Crippen LogP contribution in [-0.4, -0.2) is 24.7 Å². The van der Waals surface area contributed by atoms with Crippen LogP contribution in [0.3, 0.4) is 0 Å². The molecule has 0 aliphatic carbocycles. The number of carbonyl (C=O) groups is 1. The number of benzene rings is 2. The van der Waals surface area contributed by atoms with Crippen LogP contribution in [0.1, 0.15) is 87.3 Å². The van der Waals surface area contributed by atoms with Gasteiger partial charge in [-0.1, -0.05) is 95.0 Å². The number of pyridine rings is 1. The summed E-state index contributed by atoms with van der Waals surface area (Å²) in [6.45, 7) is 3.32. The lowest BCUT2D eigenvalue weighted by Gasteiger charge is -2.09. The summed E-state index contributed by atoms with van der Waals surface area (Å²) in [6, 6.07) is 21.4. The van der Waals surface area contributed by atoms with Gasteiger partial charge < -0.3 is 14.2 Å². The van der Waals surface area contributed by atoms with E-state index in [1.165, 1.54) is 64.9 Å². The molecular weight excluding hydrogens is 462 g/mol. The fourth-order valence-corrected chi connectivity index (χ4v) is 4.20. The minimum Gasteiger partial charge on any atom is -0.494 e. The second-order valence-electron chi connectivity index (χ2n) is 9.37. The Morgan fingerprint density at radius 1 is 0.676 bits per heavy atom. The maximum atomic E-state index is 11.6. The first-order valence-electron chi connectivity index (χ1n) is 13.7. The number of hydrogen-bond acceptors (Lipinski definition) is 5. The molecule has 0 radical (unpaired) electrons. The van der Waals surface area contributed by atoms with Gasteiger partial charge in [-0.3, -0.25) is 0 Å². The van der Waals surface area contributed by atoms with Gasteiger partial charge in [0, 0.05) is 0 Å². The quantitative estimate of drug-likeness (QED) is 0.137. The molecule has 5 nitrogen and oxygen atoms in total. The highest BCUT2D eigenvalue weighted by molar-refractivity contribution is 5.87. The molecule has 0 saturated carbocycles. The fourth-order valence-electron chi connectivity index (χ4n) is 4.20. The highest BCUT2D eigenvalue weighted by Crippen LogP contribution is 2.25. The van der Waals surface area contributed by atoms with E-state index in [1.54, 1.807) is 12.1 Å². The van der Waals surface area contributed by atoms with E-state index in [0.717, 1.165) is 35.7 Å². The van der Waals surface area contributed by atoms with Crippen LogP contribution in [0.5, 0.6) is 11.5 Å². The number of nitrogens with zero attached hydrogens (tertiary/aromatic N) is 1. The Hall–Kier alpha value is -3.34. The van der Waals surface area contributed by atoms with E-state index in [2.05, 4.69) is 24.0 Å². The summed E-state index contributed by atoms with van der Waals surface area (Å²) in [5.41, 5.74) is 3.18. The van der Waals surface area contributed by atoms with Crippen LogP contribution in [0.15, 0.2) is 66.7 Å². The SMILES string of the molecule is CCCCCCCCCCCCOc1ccc(-c2ccc(OCc3cccc(C(=O)OC)n3)cc2)cc1. The Morgan fingerprint density at radius 3 is 1.78 bits per heavy atom. The molecule has 3 rings (SSSR count). The van der Waals surface area contributed by atoms with E-state index in [4.69, 9.17) is 14.2 Å². The van der Waals surface area contributed by atoms with Crippen LogP contribution >= 0.6 is 0 Å². The Morgan fingerprint density at radius 2 is 1.22 bits per heavy atom. The van der Waals surface area contributed by atoms with Gasteiger partial charge in [0.25, 0.3) is 0 Å². The second-order valence-corrected chi connectivity index (χ2v) is 9.37. The normalized spacial score (nSPS) is 10.8. The fraction of sp³-hybridized carbons (Fsp3) is 0.438. The molecule has 0 saturated heterocycles. The van der Waals surface area contributed by atoms with Gasteiger partial charge in [0.1, 0.15) is 23.8 Å². The third-order valence-corrected chi connectivity index (χ3v) is 6.40. The number of ether oxygens (including phenoxy) is 3. The van der Waals surface area contributed by atoms with Crippen molar-refractivity contribution in [2.24, 2.45) is 0 Å². The second kappa shape index (κ2) is 16.4. The summed E-state index contributed by atoms with van der Waals surface area (Å²) in [4.78, 5) is 15.9. The number of methoxy groups -OCH3 is 1.